The topological polar surface area (TPSA) is 58.2 Å². The van der Waals surface area contributed by atoms with E-state index in [0.29, 0.717) is 12.6 Å². The minimum absolute atomic E-state index is 0.503. The highest BCUT2D eigenvalue weighted by Crippen LogP contribution is 2.09. The van der Waals surface area contributed by atoms with Crippen molar-refractivity contribution in [2.75, 3.05) is 19.3 Å². The zero-order valence-corrected chi connectivity index (χ0v) is 8.86. The van der Waals surface area contributed by atoms with Gasteiger partial charge in [-0.05, 0) is 25.8 Å². The van der Waals surface area contributed by atoms with Gasteiger partial charge in [-0.15, -0.1) is 0 Å². The van der Waals surface area contributed by atoms with Crippen LogP contribution in [0, 0.1) is 0 Å². The monoisotopic (exact) mass is 206 g/mol. The molecule has 0 spiro atoms. The van der Waals surface area contributed by atoms with Crippen LogP contribution in [0.5, 0.6) is 0 Å². The minimum atomic E-state index is -3.00. The van der Waals surface area contributed by atoms with E-state index in [4.69, 9.17) is 0 Å². The van der Waals surface area contributed by atoms with E-state index in [-0.39, 0.29) is 0 Å². The number of hydrogen-bond donors (Lipinski definition) is 2. The third-order valence-corrected chi connectivity index (χ3v) is 3.00. The highest BCUT2D eigenvalue weighted by molar-refractivity contribution is 7.88. The SMILES string of the molecule is CS(=O)(=O)NCC[C@@H]1CCCCN1. The van der Waals surface area contributed by atoms with E-state index >= 15 is 0 Å². The zero-order chi connectivity index (χ0) is 9.73. The highest BCUT2D eigenvalue weighted by atomic mass is 32.2. The van der Waals surface area contributed by atoms with Crippen molar-refractivity contribution in [1.82, 2.24) is 10.0 Å². The molecule has 1 atom stereocenters. The van der Waals surface area contributed by atoms with Crippen molar-refractivity contribution in [2.45, 2.75) is 31.7 Å². The van der Waals surface area contributed by atoms with E-state index < -0.39 is 10.0 Å². The van der Waals surface area contributed by atoms with E-state index in [9.17, 15) is 8.42 Å². The maximum Gasteiger partial charge on any atom is 0.208 e. The van der Waals surface area contributed by atoms with E-state index in [1.807, 2.05) is 0 Å². The van der Waals surface area contributed by atoms with Crippen LogP contribution >= 0.6 is 0 Å². The molecule has 1 saturated heterocycles. The van der Waals surface area contributed by atoms with Gasteiger partial charge in [-0.25, -0.2) is 13.1 Å². The minimum Gasteiger partial charge on any atom is -0.314 e. The molecule has 1 aliphatic rings. The molecular formula is C8H18N2O2S. The van der Waals surface area contributed by atoms with Gasteiger partial charge in [0.25, 0.3) is 0 Å². The van der Waals surface area contributed by atoms with Crippen molar-refractivity contribution in [3.05, 3.63) is 0 Å². The van der Waals surface area contributed by atoms with Crippen LogP contribution in [0.3, 0.4) is 0 Å². The Balaban J connectivity index is 2.11. The van der Waals surface area contributed by atoms with Gasteiger partial charge in [-0.3, -0.25) is 0 Å². The summed E-state index contributed by atoms with van der Waals surface area (Å²) in [5.41, 5.74) is 0. The predicted octanol–water partition coefficient (Wildman–Crippen LogP) is 0.0678. The Bertz CT molecular complexity index is 233. The van der Waals surface area contributed by atoms with Gasteiger partial charge in [0, 0.05) is 12.6 Å². The lowest BCUT2D eigenvalue weighted by Crippen LogP contribution is -2.37. The summed E-state index contributed by atoms with van der Waals surface area (Å²) in [7, 11) is -3.00. The van der Waals surface area contributed by atoms with E-state index in [2.05, 4.69) is 10.0 Å². The Kier molecular flexibility index (Phi) is 4.15. The van der Waals surface area contributed by atoms with Crippen molar-refractivity contribution in [2.24, 2.45) is 0 Å². The average molecular weight is 206 g/mol. The molecule has 0 radical (unpaired) electrons. The Morgan fingerprint density at radius 1 is 1.46 bits per heavy atom. The first-order valence-electron chi connectivity index (χ1n) is 4.76. The summed E-state index contributed by atoms with van der Waals surface area (Å²) < 4.78 is 24.0. The van der Waals surface area contributed by atoms with Gasteiger partial charge in [-0.1, -0.05) is 6.42 Å². The van der Waals surface area contributed by atoms with Crippen LogP contribution < -0.4 is 10.0 Å². The molecule has 0 amide bonds. The summed E-state index contributed by atoms with van der Waals surface area (Å²) in [6.07, 6.45) is 5.77. The molecule has 1 fully saturated rings. The summed E-state index contributed by atoms with van der Waals surface area (Å²) in [6, 6.07) is 0.503. The molecule has 0 aliphatic carbocycles. The molecule has 0 aromatic rings. The third-order valence-electron chi connectivity index (χ3n) is 2.27. The van der Waals surface area contributed by atoms with Crippen LogP contribution in [-0.2, 0) is 10.0 Å². The molecular weight excluding hydrogens is 188 g/mol. The molecule has 5 heteroatoms. The number of nitrogens with one attached hydrogen (secondary N) is 2. The van der Waals surface area contributed by atoms with Gasteiger partial charge in [0.2, 0.25) is 10.0 Å². The summed E-state index contributed by atoms with van der Waals surface area (Å²) >= 11 is 0. The van der Waals surface area contributed by atoms with Crippen molar-refractivity contribution in [3.8, 4) is 0 Å². The summed E-state index contributed by atoms with van der Waals surface area (Å²) in [6.45, 7) is 1.63. The van der Waals surface area contributed by atoms with Gasteiger partial charge in [0.1, 0.15) is 0 Å². The van der Waals surface area contributed by atoms with Crippen LogP contribution in [-0.4, -0.2) is 33.8 Å². The normalized spacial score (nSPS) is 24.5. The van der Waals surface area contributed by atoms with E-state index in [0.717, 1.165) is 13.0 Å². The molecule has 0 saturated carbocycles. The quantitative estimate of drug-likeness (QED) is 0.684. The lowest BCUT2D eigenvalue weighted by molar-refractivity contribution is 0.383. The number of rotatable bonds is 4. The molecule has 0 bridgehead atoms. The molecule has 1 rings (SSSR count). The molecule has 13 heavy (non-hydrogen) atoms. The number of sulfonamides is 1. The number of piperidine rings is 1. The summed E-state index contributed by atoms with van der Waals surface area (Å²) in [4.78, 5) is 0. The van der Waals surface area contributed by atoms with Gasteiger partial charge < -0.3 is 5.32 Å². The van der Waals surface area contributed by atoms with Crippen molar-refractivity contribution in [3.63, 3.8) is 0 Å². The van der Waals surface area contributed by atoms with Crippen molar-refractivity contribution < 1.29 is 8.42 Å². The highest BCUT2D eigenvalue weighted by Gasteiger charge is 2.12. The molecule has 2 N–H and O–H groups in total. The molecule has 0 aromatic carbocycles. The first kappa shape index (κ1) is 10.9. The summed E-state index contributed by atoms with van der Waals surface area (Å²) in [5.74, 6) is 0. The van der Waals surface area contributed by atoms with E-state index in [1.54, 1.807) is 0 Å². The zero-order valence-electron chi connectivity index (χ0n) is 8.04. The molecule has 1 aliphatic heterocycles. The van der Waals surface area contributed by atoms with Crippen LogP contribution in [0.4, 0.5) is 0 Å². The largest absolute Gasteiger partial charge is 0.314 e. The smallest absolute Gasteiger partial charge is 0.208 e. The van der Waals surface area contributed by atoms with Gasteiger partial charge in [0.15, 0.2) is 0 Å². The van der Waals surface area contributed by atoms with E-state index in [1.165, 1.54) is 25.5 Å². The molecule has 1 heterocycles. The first-order chi connectivity index (χ1) is 6.08. The lowest BCUT2D eigenvalue weighted by atomic mass is 10.0. The number of hydrogen-bond acceptors (Lipinski definition) is 3. The standard InChI is InChI=1S/C8H18N2O2S/c1-13(11,12)10-7-5-8-4-2-3-6-9-8/h8-10H,2-7H2,1H3/t8-/m0/s1. The fourth-order valence-corrected chi connectivity index (χ4v) is 2.08. The first-order valence-corrected chi connectivity index (χ1v) is 6.65. The van der Waals surface area contributed by atoms with Crippen LogP contribution in [0.1, 0.15) is 25.7 Å². The molecule has 0 unspecified atom stereocenters. The van der Waals surface area contributed by atoms with Crippen LogP contribution in [0.2, 0.25) is 0 Å². The van der Waals surface area contributed by atoms with Gasteiger partial charge in [0.05, 0.1) is 6.26 Å². The Labute approximate surface area is 80.1 Å². The molecule has 0 aromatic heterocycles. The Morgan fingerprint density at radius 2 is 2.23 bits per heavy atom. The van der Waals surface area contributed by atoms with Gasteiger partial charge in [-0.2, -0.15) is 0 Å². The second-order valence-corrected chi connectivity index (χ2v) is 5.44. The third kappa shape index (κ3) is 5.23. The Hall–Kier alpha value is -0.130. The van der Waals surface area contributed by atoms with Crippen LogP contribution in [0.15, 0.2) is 0 Å². The van der Waals surface area contributed by atoms with Gasteiger partial charge >= 0.3 is 0 Å². The van der Waals surface area contributed by atoms with Crippen LogP contribution in [0.25, 0.3) is 0 Å². The second-order valence-electron chi connectivity index (χ2n) is 3.60. The maximum atomic E-state index is 10.7. The van der Waals surface area contributed by atoms with Crippen molar-refractivity contribution >= 4 is 10.0 Å². The predicted molar refractivity (Wildman–Crippen MR) is 53.1 cm³/mol. The van der Waals surface area contributed by atoms with Crippen molar-refractivity contribution in [1.29, 1.82) is 0 Å². The molecule has 4 nitrogen and oxygen atoms in total. The average Bonchev–Trinajstić information content (AvgIpc) is 2.04. The Morgan fingerprint density at radius 3 is 2.77 bits per heavy atom. The maximum absolute atomic E-state index is 10.7. The summed E-state index contributed by atoms with van der Waals surface area (Å²) in [5, 5.41) is 3.37. The molecule has 78 valence electrons. The fourth-order valence-electron chi connectivity index (χ4n) is 1.59. The fraction of sp³-hybridized carbons (Fsp3) is 1.00. The second kappa shape index (κ2) is 4.93. The lowest BCUT2D eigenvalue weighted by Gasteiger charge is -2.23.